The van der Waals surface area contributed by atoms with Gasteiger partial charge in [-0.2, -0.15) is 0 Å². The van der Waals surface area contributed by atoms with Gasteiger partial charge in [0.05, 0.1) is 22.4 Å². The topological polar surface area (TPSA) is 96.4 Å². The first-order chi connectivity index (χ1) is 13.0. The molecule has 0 unspecified atom stereocenters. The highest BCUT2D eigenvalue weighted by atomic mass is 32.2. The van der Waals surface area contributed by atoms with Crippen molar-refractivity contribution in [2.45, 2.75) is 11.3 Å². The van der Waals surface area contributed by atoms with Crippen LogP contribution in [0.4, 0.5) is 10.8 Å². The molecule has 9 heteroatoms. The van der Waals surface area contributed by atoms with Crippen LogP contribution in [0.2, 0.25) is 0 Å². The van der Waals surface area contributed by atoms with Crippen LogP contribution in [0.3, 0.4) is 0 Å². The first-order valence-electron chi connectivity index (χ1n) is 8.54. The molecule has 1 aromatic carbocycles. The molecule has 1 saturated heterocycles. The van der Waals surface area contributed by atoms with Crippen molar-refractivity contribution < 1.29 is 18.0 Å². The zero-order valence-corrected chi connectivity index (χ0v) is 15.6. The summed E-state index contributed by atoms with van der Waals surface area (Å²) in [7, 11) is -3.77. The predicted molar refractivity (Wildman–Crippen MR) is 99.6 cm³/mol. The van der Waals surface area contributed by atoms with Crippen molar-refractivity contribution in [3.05, 3.63) is 48.0 Å². The molecule has 1 N–H and O–H groups in total. The number of hydrogen-bond donors (Lipinski definition) is 1. The van der Waals surface area contributed by atoms with E-state index in [0.29, 0.717) is 5.69 Å². The van der Waals surface area contributed by atoms with Gasteiger partial charge in [0.25, 0.3) is 10.0 Å². The summed E-state index contributed by atoms with van der Waals surface area (Å²) in [5.74, 6) is -0.631. The van der Waals surface area contributed by atoms with E-state index in [-0.39, 0.29) is 45.5 Å². The minimum atomic E-state index is -3.77. The molecule has 138 valence electrons. The summed E-state index contributed by atoms with van der Waals surface area (Å²) in [6.07, 6.45) is 6.47. The van der Waals surface area contributed by atoms with Crippen LogP contribution >= 0.6 is 11.3 Å². The highest BCUT2D eigenvalue weighted by Crippen LogP contribution is 2.53. The lowest BCUT2D eigenvalue weighted by Gasteiger charge is -2.17. The van der Waals surface area contributed by atoms with Gasteiger partial charge in [-0.3, -0.25) is 19.2 Å². The molecule has 0 spiro atoms. The van der Waals surface area contributed by atoms with E-state index >= 15 is 0 Å². The smallest absolute Gasteiger partial charge is 0.263 e. The number of amides is 2. The van der Waals surface area contributed by atoms with Crippen LogP contribution in [0.25, 0.3) is 0 Å². The molecule has 2 aromatic rings. The van der Waals surface area contributed by atoms with E-state index in [1.165, 1.54) is 46.7 Å². The molecule has 1 aromatic heterocycles. The Morgan fingerprint density at radius 2 is 1.67 bits per heavy atom. The Labute approximate surface area is 159 Å². The van der Waals surface area contributed by atoms with E-state index in [4.69, 9.17) is 0 Å². The minimum Gasteiger partial charge on any atom is -0.274 e. The molecule has 1 saturated carbocycles. The van der Waals surface area contributed by atoms with Gasteiger partial charge in [-0.1, -0.05) is 12.2 Å². The van der Waals surface area contributed by atoms with E-state index in [9.17, 15) is 18.0 Å². The number of thiazole rings is 1. The average molecular weight is 401 g/mol. The van der Waals surface area contributed by atoms with Crippen molar-refractivity contribution in [2.24, 2.45) is 23.7 Å². The highest BCUT2D eigenvalue weighted by Gasteiger charge is 2.59. The van der Waals surface area contributed by atoms with E-state index in [1.807, 2.05) is 12.2 Å². The Hall–Kier alpha value is -2.52. The van der Waals surface area contributed by atoms with Gasteiger partial charge in [0.2, 0.25) is 11.8 Å². The van der Waals surface area contributed by atoms with Crippen molar-refractivity contribution >= 4 is 44.0 Å². The molecule has 7 nitrogen and oxygen atoms in total. The van der Waals surface area contributed by atoms with E-state index in [0.717, 1.165) is 6.42 Å². The standard InChI is InChI=1S/C18H15N3O4S2/c22-16-14-10-1-2-11(9-10)15(14)17(23)21(16)12-3-5-13(6-4-12)27(24,25)20-18-19-7-8-26-18/h1-8,10-11,14-15H,9H2,(H,19,20)/t10-,11-,14+,15+/m0/s1. The first kappa shape index (κ1) is 16.6. The highest BCUT2D eigenvalue weighted by molar-refractivity contribution is 7.93. The van der Waals surface area contributed by atoms with Gasteiger partial charge in [-0.05, 0) is 42.5 Å². The molecular weight excluding hydrogens is 386 g/mol. The van der Waals surface area contributed by atoms with Crippen molar-refractivity contribution in [1.82, 2.24) is 4.98 Å². The number of anilines is 2. The molecule has 2 heterocycles. The first-order valence-corrected chi connectivity index (χ1v) is 10.9. The summed E-state index contributed by atoms with van der Waals surface area (Å²) >= 11 is 1.18. The van der Waals surface area contributed by atoms with Gasteiger partial charge < -0.3 is 0 Å². The Bertz CT molecular complexity index is 1030. The number of nitrogens with one attached hydrogen (secondary N) is 1. The third-order valence-electron chi connectivity index (χ3n) is 5.53. The molecule has 27 heavy (non-hydrogen) atoms. The molecule has 5 rings (SSSR count). The van der Waals surface area contributed by atoms with Crippen molar-refractivity contribution in [1.29, 1.82) is 0 Å². The number of sulfonamides is 1. The third-order valence-corrected chi connectivity index (χ3v) is 7.70. The fourth-order valence-corrected chi connectivity index (χ4v) is 6.17. The Morgan fingerprint density at radius 1 is 1.04 bits per heavy atom. The lowest BCUT2D eigenvalue weighted by molar-refractivity contribution is -0.123. The molecule has 2 fully saturated rings. The van der Waals surface area contributed by atoms with Gasteiger partial charge in [-0.15, -0.1) is 11.3 Å². The number of aromatic nitrogens is 1. The average Bonchev–Trinajstić information content (AvgIpc) is 3.41. The van der Waals surface area contributed by atoms with Crippen molar-refractivity contribution in [3.8, 4) is 0 Å². The van der Waals surface area contributed by atoms with Crippen LogP contribution < -0.4 is 9.62 Å². The summed E-state index contributed by atoms with van der Waals surface area (Å²) in [5, 5.41) is 1.95. The number of imide groups is 1. The molecule has 3 aliphatic rings. The molecule has 2 bridgehead atoms. The summed E-state index contributed by atoms with van der Waals surface area (Å²) in [6, 6.07) is 5.80. The summed E-state index contributed by atoms with van der Waals surface area (Å²) in [6.45, 7) is 0. The van der Waals surface area contributed by atoms with E-state index in [2.05, 4.69) is 9.71 Å². The number of hydrogen-bond acceptors (Lipinski definition) is 6. The number of allylic oxidation sites excluding steroid dienone is 2. The maximum Gasteiger partial charge on any atom is 0.263 e. The second-order valence-electron chi connectivity index (χ2n) is 6.95. The number of rotatable bonds is 4. The number of carbonyl (C=O) groups excluding carboxylic acids is 2. The van der Waals surface area contributed by atoms with Crippen LogP contribution in [-0.2, 0) is 19.6 Å². The quantitative estimate of drug-likeness (QED) is 0.626. The van der Waals surface area contributed by atoms with Crippen LogP contribution in [0.5, 0.6) is 0 Å². The van der Waals surface area contributed by atoms with Gasteiger partial charge in [0, 0.05) is 11.6 Å². The summed E-state index contributed by atoms with van der Waals surface area (Å²) < 4.78 is 27.2. The Balaban J connectivity index is 1.41. The second kappa shape index (κ2) is 5.74. The van der Waals surface area contributed by atoms with Crippen molar-refractivity contribution in [3.63, 3.8) is 0 Å². The van der Waals surface area contributed by atoms with Crippen LogP contribution in [0.1, 0.15) is 6.42 Å². The SMILES string of the molecule is O=C1[C@H]2[C@H](C(=O)N1c1ccc(S(=O)(=O)Nc3nccs3)cc1)[C@H]1C=C[C@H]2C1. The summed E-state index contributed by atoms with van der Waals surface area (Å²) in [5.41, 5.74) is 0.409. The second-order valence-corrected chi connectivity index (χ2v) is 9.53. The Kier molecular flexibility index (Phi) is 3.54. The number of carbonyl (C=O) groups is 2. The van der Waals surface area contributed by atoms with Crippen molar-refractivity contribution in [2.75, 3.05) is 9.62 Å². The van der Waals surface area contributed by atoms with Gasteiger partial charge in [-0.25, -0.2) is 13.4 Å². The van der Waals surface area contributed by atoms with E-state index in [1.54, 1.807) is 5.38 Å². The fraction of sp³-hybridized carbons (Fsp3) is 0.278. The molecule has 2 amide bonds. The van der Waals surface area contributed by atoms with Gasteiger partial charge in [0.15, 0.2) is 5.13 Å². The molecule has 2 aliphatic carbocycles. The number of benzene rings is 1. The lowest BCUT2D eigenvalue weighted by atomic mass is 9.85. The van der Waals surface area contributed by atoms with Crippen LogP contribution in [0, 0.1) is 23.7 Å². The number of nitrogens with zero attached hydrogens (tertiary/aromatic N) is 2. The normalized spacial score (nSPS) is 28.8. The predicted octanol–water partition coefficient (Wildman–Crippen LogP) is 2.26. The van der Waals surface area contributed by atoms with Gasteiger partial charge in [0.1, 0.15) is 0 Å². The van der Waals surface area contributed by atoms with Gasteiger partial charge >= 0.3 is 0 Å². The monoisotopic (exact) mass is 401 g/mol. The largest absolute Gasteiger partial charge is 0.274 e. The third kappa shape index (κ3) is 2.45. The number of fused-ring (bicyclic) bond motifs is 5. The minimum absolute atomic E-state index is 0.0440. The van der Waals surface area contributed by atoms with Crippen LogP contribution in [0.15, 0.2) is 52.9 Å². The van der Waals surface area contributed by atoms with E-state index < -0.39 is 10.0 Å². The Morgan fingerprint density at radius 3 is 2.22 bits per heavy atom. The summed E-state index contributed by atoms with van der Waals surface area (Å²) in [4.78, 5) is 30.8. The molecule has 0 radical (unpaired) electrons. The maximum atomic E-state index is 12.8. The zero-order valence-electron chi connectivity index (χ0n) is 14.0. The zero-order chi connectivity index (χ0) is 18.8. The molecule has 4 atom stereocenters. The van der Waals surface area contributed by atoms with Crippen LogP contribution in [-0.4, -0.2) is 25.2 Å². The maximum absolute atomic E-state index is 12.8. The lowest BCUT2D eigenvalue weighted by Crippen LogP contribution is -2.32. The molecule has 1 aliphatic heterocycles. The fourth-order valence-electron chi connectivity index (χ4n) is 4.38. The molecular formula is C18H15N3O4S2.